The molecule has 0 unspecified atom stereocenters. The number of halogens is 3. The molecule has 0 amide bonds. The zero-order valence-corrected chi connectivity index (χ0v) is 9.93. The first-order valence-electron chi connectivity index (χ1n) is 3.44. The van der Waals surface area contributed by atoms with Crippen LogP contribution in [0, 0.1) is 3.57 Å². The molecule has 0 radical (unpaired) electrons. The average molecular weight is 325 g/mol. The highest BCUT2D eigenvalue weighted by Crippen LogP contribution is 2.27. The summed E-state index contributed by atoms with van der Waals surface area (Å²) >= 11 is 14.0. The molecule has 2 aromatic rings. The van der Waals surface area contributed by atoms with Crippen LogP contribution < -0.4 is 0 Å². The Balaban J connectivity index is 2.94. The highest BCUT2D eigenvalue weighted by molar-refractivity contribution is 14.1. The summed E-state index contributed by atoms with van der Waals surface area (Å²) in [7, 11) is 0. The van der Waals surface area contributed by atoms with Crippen LogP contribution in [0.5, 0.6) is 0 Å². The average Bonchev–Trinajstić information content (AvgIpc) is 2.07. The monoisotopic (exact) mass is 324 g/mol. The second kappa shape index (κ2) is 3.55. The molecule has 1 heterocycles. The molecule has 1 aromatic carbocycles. The standard InChI is InChI=1S/C8H3Cl2IN2/c9-6-2-4(11)1-5-7(6)12-3-13-8(5)10/h1-3H. The number of hydrogen-bond donors (Lipinski definition) is 0. The molecule has 0 aliphatic carbocycles. The Bertz CT molecular complexity index is 473. The van der Waals surface area contributed by atoms with E-state index in [1.165, 1.54) is 6.33 Å². The molecule has 0 fully saturated rings. The predicted octanol–water partition coefficient (Wildman–Crippen LogP) is 3.54. The summed E-state index contributed by atoms with van der Waals surface area (Å²) < 4.78 is 1.02. The van der Waals surface area contributed by atoms with Gasteiger partial charge in [0, 0.05) is 8.96 Å². The van der Waals surface area contributed by atoms with Crippen molar-refractivity contribution in [1.82, 2.24) is 9.97 Å². The number of fused-ring (bicyclic) bond motifs is 1. The molecular formula is C8H3Cl2IN2. The van der Waals surface area contributed by atoms with Crippen molar-refractivity contribution in [3.63, 3.8) is 0 Å². The highest BCUT2D eigenvalue weighted by Gasteiger charge is 2.05. The van der Waals surface area contributed by atoms with E-state index >= 15 is 0 Å². The molecule has 2 rings (SSSR count). The molecule has 0 aliphatic rings. The first-order valence-corrected chi connectivity index (χ1v) is 5.27. The van der Waals surface area contributed by atoms with Crippen LogP contribution >= 0.6 is 45.8 Å². The molecule has 0 saturated heterocycles. The molecule has 0 spiro atoms. The SMILES string of the molecule is Clc1ncnc2c(Cl)cc(I)cc12. The van der Waals surface area contributed by atoms with Crippen molar-refractivity contribution < 1.29 is 0 Å². The van der Waals surface area contributed by atoms with E-state index in [2.05, 4.69) is 32.6 Å². The Hall–Kier alpha value is -0.130. The van der Waals surface area contributed by atoms with Crippen molar-refractivity contribution in [2.75, 3.05) is 0 Å². The summed E-state index contributed by atoms with van der Waals surface area (Å²) in [5, 5.41) is 1.83. The number of hydrogen-bond acceptors (Lipinski definition) is 2. The second-order valence-electron chi connectivity index (χ2n) is 2.45. The number of rotatable bonds is 0. The van der Waals surface area contributed by atoms with Crippen LogP contribution in [-0.4, -0.2) is 9.97 Å². The van der Waals surface area contributed by atoms with Gasteiger partial charge in [0.15, 0.2) is 0 Å². The van der Waals surface area contributed by atoms with Gasteiger partial charge in [0.1, 0.15) is 11.5 Å². The maximum absolute atomic E-state index is 5.98. The zero-order chi connectivity index (χ0) is 9.42. The summed E-state index contributed by atoms with van der Waals surface area (Å²) in [4.78, 5) is 7.93. The minimum Gasteiger partial charge on any atom is -0.235 e. The lowest BCUT2D eigenvalue weighted by atomic mass is 10.2. The third kappa shape index (κ3) is 1.73. The van der Waals surface area contributed by atoms with Crippen LogP contribution in [-0.2, 0) is 0 Å². The molecule has 1 aromatic heterocycles. The van der Waals surface area contributed by atoms with Crippen LogP contribution in [0.15, 0.2) is 18.5 Å². The summed E-state index contributed by atoms with van der Waals surface area (Å²) in [5.41, 5.74) is 0.696. The van der Waals surface area contributed by atoms with Gasteiger partial charge in [-0.15, -0.1) is 0 Å². The van der Waals surface area contributed by atoms with Gasteiger partial charge in [-0.3, -0.25) is 0 Å². The van der Waals surface area contributed by atoms with E-state index in [4.69, 9.17) is 23.2 Å². The third-order valence-electron chi connectivity index (χ3n) is 1.61. The molecule has 2 nitrogen and oxygen atoms in total. The van der Waals surface area contributed by atoms with E-state index < -0.39 is 0 Å². The Morgan fingerprint density at radius 3 is 2.69 bits per heavy atom. The Morgan fingerprint density at radius 1 is 1.15 bits per heavy atom. The van der Waals surface area contributed by atoms with Gasteiger partial charge < -0.3 is 0 Å². The Kier molecular flexibility index (Phi) is 2.58. The van der Waals surface area contributed by atoms with Gasteiger partial charge in [-0.2, -0.15) is 0 Å². The van der Waals surface area contributed by atoms with Gasteiger partial charge in [0.05, 0.1) is 10.5 Å². The third-order valence-corrected chi connectivity index (χ3v) is 2.82. The van der Waals surface area contributed by atoms with Gasteiger partial charge >= 0.3 is 0 Å². The fourth-order valence-corrected chi connectivity index (χ4v) is 2.32. The van der Waals surface area contributed by atoms with Gasteiger partial charge in [-0.1, -0.05) is 23.2 Å². The molecule has 0 saturated carbocycles. The van der Waals surface area contributed by atoms with E-state index in [1.807, 2.05) is 12.1 Å². The molecule has 0 bridgehead atoms. The lowest BCUT2D eigenvalue weighted by Gasteiger charge is -2.01. The van der Waals surface area contributed by atoms with E-state index in [9.17, 15) is 0 Å². The van der Waals surface area contributed by atoms with Crippen LogP contribution in [0.3, 0.4) is 0 Å². The fraction of sp³-hybridized carbons (Fsp3) is 0. The zero-order valence-electron chi connectivity index (χ0n) is 6.26. The molecule has 13 heavy (non-hydrogen) atoms. The molecular weight excluding hydrogens is 322 g/mol. The van der Waals surface area contributed by atoms with Crippen LogP contribution in [0.4, 0.5) is 0 Å². The van der Waals surface area contributed by atoms with Crippen molar-refractivity contribution in [2.45, 2.75) is 0 Å². The summed E-state index contributed by atoms with van der Waals surface area (Å²) in [6.45, 7) is 0. The summed E-state index contributed by atoms with van der Waals surface area (Å²) in [6, 6.07) is 3.75. The second-order valence-corrected chi connectivity index (χ2v) is 4.46. The minimum absolute atomic E-state index is 0.436. The first-order chi connectivity index (χ1) is 6.18. The number of benzene rings is 1. The van der Waals surface area contributed by atoms with Gasteiger partial charge in [-0.05, 0) is 34.7 Å². The van der Waals surface area contributed by atoms with Crippen molar-refractivity contribution in [3.05, 3.63) is 32.2 Å². The van der Waals surface area contributed by atoms with E-state index in [1.54, 1.807) is 0 Å². The van der Waals surface area contributed by atoms with E-state index in [-0.39, 0.29) is 0 Å². The van der Waals surface area contributed by atoms with Crippen LogP contribution in [0.2, 0.25) is 10.2 Å². The molecule has 5 heteroatoms. The smallest absolute Gasteiger partial charge is 0.140 e. The molecule has 0 N–H and O–H groups in total. The van der Waals surface area contributed by atoms with Crippen LogP contribution in [0.25, 0.3) is 10.9 Å². The van der Waals surface area contributed by atoms with Crippen LogP contribution in [0.1, 0.15) is 0 Å². The van der Waals surface area contributed by atoms with E-state index in [0.29, 0.717) is 15.7 Å². The normalized spacial score (nSPS) is 10.7. The van der Waals surface area contributed by atoms with Crippen molar-refractivity contribution >= 4 is 56.7 Å². The number of nitrogens with zero attached hydrogens (tertiary/aromatic N) is 2. The topological polar surface area (TPSA) is 25.8 Å². The fourth-order valence-electron chi connectivity index (χ4n) is 1.06. The Morgan fingerprint density at radius 2 is 1.92 bits per heavy atom. The highest BCUT2D eigenvalue weighted by atomic mass is 127. The van der Waals surface area contributed by atoms with Gasteiger partial charge in [-0.25, -0.2) is 9.97 Å². The lowest BCUT2D eigenvalue weighted by Crippen LogP contribution is -1.85. The molecule has 66 valence electrons. The minimum atomic E-state index is 0.436. The maximum atomic E-state index is 5.98. The number of aromatic nitrogens is 2. The predicted molar refractivity (Wildman–Crippen MR) is 62.3 cm³/mol. The summed E-state index contributed by atoms with van der Waals surface area (Å²) in [6.07, 6.45) is 1.41. The van der Waals surface area contributed by atoms with Crippen molar-refractivity contribution in [2.24, 2.45) is 0 Å². The van der Waals surface area contributed by atoms with Gasteiger partial charge in [0.25, 0.3) is 0 Å². The first kappa shape index (κ1) is 9.43. The molecule has 0 atom stereocenters. The van der Waals surface area contributed by atoms with Crippen molar-refractivity contribution in [3.8, 4) is 0 Å². The van der Waals surface area contributed by atoms with Gasteiger partial charge in [0.2, 0.25) is 0 Å². The largest absolute Gasteiger partial charge is 0.235 e. The van der Waals surface area contributed by atoms with Crippen molar-refractivity contribution in [1.29, 1.82) is 0 Å². The quantitative estimate of drug-likeness (QED) is 0.547. The molecule has 0 aliphatic heterocycles. The Labute approximate surface area is 98.4 Å². The lowest BCUT2D eigenvalue weighted by molar-refractivity contribution is 1.22. The van der Waals surface area contributed by atoms with E-state index in [0.717, 1.165) is 8.96 Å². The summed E-state index contributed by atoms with van der Waals surface area (Å²) in [5.74, 6) is 0. The maximum Gasteiger partial charge on any atom is 0.140 e.